The van der Waals surface area contributed by atoms with Crippen LogP contribution in [-0.4, -0.2) is 31.0 Å². The summed E-state index contributed by atoms with van der Waals surface area (Å²) < 4.78 is 10.1. The van der Waals surface area contributed by atoms with E-state index in [1.807, 2.05) is 0 Å². The van der Waals surface area contributed by atoms with Gasteiger partial charge in [-0.05, 0) is 36.6 Å². The Morgan fingerprint density at radius 2 is 1.62 bits per heavy atom. The van der Waals surface area contributed by atoms with Crippen molar-refractivity contribution in [1.29, 1.82) is 0 Å². The highest BCUT2D eigenvalue weighted by Crippen LogP contribution is 2.28. The Morgan fingerprint density at radius 3 is 2.27 bits per heavy atom. The van der Waals surface area contributed by atoms with E-state index in [-0.39, 0.29) is 6.61 Å². The van der Waals surface area contributed by atoms with Crippen molar-refractivity contribution in [2.75, 3.05) is 13.2 Å². The number of ether oxygens (including phenoxy) is 2. The van der Waals surface area contributed by atoms with Crippen molar-refractivity contribution in [3.05, 3.63) is 29.3 Å². The minimum atomic E-state index is -0.612. The lowest BCUT2D eigenvalue weighted by molar-refractivity contribution is -0.149. The standard InChI is InChI=1S/C18H23ClN2O5/c19-14-6-8-15(9-7-14)25-11-16(22)20-21-17(23)12-26-18(24)10-5-13-3-1-2-4-13/h6-9,13H,1-5,10-12H2,(H,20,22)(H,21,23). The van der Waals surface area contributed by atoms with Crippen LogP contribution in [0.2, 0.25) is 5.02 Å². The zero-order valence-corrected chi connectivity index (χ0v) is 15.2. The molecule has 0 bridgehead atoms. The van der Waals surface area contributed by atoms with E-state index in [1.165, 1.54) is 12.8 Å². The maximum atomic E-state index is 11.6. The summed E-state index contributed by atoms with van der Waals surface area (Å²) in [6.45, 7) is -0.703. The van der Waals surface area contributed by atoms with Gasteiger partial charge in [-0.1, -0.05) is 37.3 Å². The third-order valence-corrected chi connectivity index (χ3v) is 4.37. The van der Waals surface area contributed by atoms with Crippen LogP contribution in [0.15, 0.2) is 24.3 Å². The first kappa shape index (κ1) is 20.0. The van der Waals surface area contributed by atoms with E-state index < -0.39 is 24.4 Å². The van der Waals surface area contributed by atoms with Crippen LogP contribution in [0.3, 0.4) is 0 Å². The Balaban J connectivity index is 1.53. The van der Waals surface area contributed by atoms with Gasteiger partial charge in [-0.15, -0.1) is 0 Å². The molecule has 26 heavy (non-hydrogen) atoms. The van der Waals surface area contributed by atoms with Gasteiger partial charge in [-0.25, -0.2) is 0 Å². The van der Waals surface area contributed by atoms with Crippen LogP contribution in [0.25, 0.3) is 0 Å². The molecule has 1 aliphatic rings. The molecule has 0 atom stereocenters. The van der Waals surface area contributed by atoms with Crippen molar-refractivity contribution >= 4 is 29.4 Å². The number of nitrogens with one attached hydrogen (secondary N) is 2. The van der Waals surface area contributed by atoms with Crippen molar-refractivity contribution < 1.29 is 23.9 Å². The number of carbonyl (C=O) groups excluding carboxylic acids is 3. The predicted molar refractivity (Wildman–Crippen MR) is 95.4 cm³/mol. The van der Waals surface area contributed by atoms with Crippen molar-refractivity contribution in [2.24, 2.45) is 5.92 Å². The van der Waals surface area contributed by atoms with Crippen molar-refractivity contribution in [2.45, 2.75) is 38.5 Å². The fourth-order valence-electron chi connectivity index (χ4n) is 2.73. The average Bonchev–Trinajstić information content (AvgIpc) is 3.16. The van der Waals surface area contributed by atoms with Crippen LogP contribution in [0.1, 0.15) is 38.5 Å². The van der Waals surface area contributed by atoms with Gasteiger partial charge in [0.25, 0.3) is 11.8 Å². The zero-order chi connectivity index (χ0) is 18.8. The summed E-state index contributed by atoms with van der Waals surface area (Å²) >= 11 is 5.75. The molecule has 0 heterocycles. The van der Waals surface area contributed by atoms with Gasteiger partial charge in [0.1, 0.15) is 5.75 Å². The first-order valence-corrected chi connectivity index (χ1v) is 9.02. The largest absolute Gasteiger partial charge is 0.484 e. The van der Waals surface area contributed by atoms with Crippen LogP contribution in [0.5, 0.6) is 5.75 Å². The molecule has 1 saturated carbocycles. The highest BCUT2D eigenvalue weighted by Gasteiger charge is 2.17. The Hall–Kier alpha value is -2.28. The quantitative estimate of drug-likeness (QED) is 0.531. The van der Waals surface area contributed by atoms with Gasteiger partial charge in [0, 0.05) is 11.4 Å². The molecule has 7 nitrogen and oxygen atoms in total. The Labute approximate surface area is 157 Å². The third kappa shape index (κ3) is 7.74. The molecule has 142 valence electrons. The third-order valence-electron chi connectivity index (χ3n) is 4.12. The second-order valence-electron chi connectivity index (χ2n) is 6.19. The lowest BCUT2D eigenvalue weighted by Gasteiger charge is -2.10. The molecule has 1 aliphatic carbocycles. The Morgan fingerprint density at radius 1 is 1.00 bits per heavy atom. The van der Waals surface area contributed by atoms with Crippen LogP contribution < -0.4 is 15.6 Å². The number of halogens is 1. The van der Waals surface area contributed by atoms with E-state index in [0.29, 0.717) is 23.1 Å². The van der Waals surface area contributed by atoms with Crippen LogP contribution in [-0.2, 0) is 19.1 Å². The first-order valence-electron chi connectivity index (χ1n) is 8.64. The molecule has 0 saturated heterocycles. The summed E-state index contributed by atoms with van der Waals surface area (Å²) in [7, 11) is 0. The average molecular weight is 383 g/mol. The number of hydrogen-bond donors (Lipinski definition) is 2. The normalized spacial score (nSPS) is 13.9. The number of benzene rings is 1. The number of rotatable bonds is 8. The van der Waals surface area contributed by atoms with Gasteiger partial charge in [-0.3, -0.25) is 25.2 Å². The lowest BCUT2D eigenvalue weighted by atomic mass is 10.0. The molecule has 0 spiro atoms. The maximum absolute atomic E-state index is 11.6. The molecular formula is C18H23ClN2O5. The molecule has 8 heteroatoms. The van der Waals surface area contributed by atoms with Gasteiger partial charge in [0.15, 0.2) is 13.2 Å². The molecule has 2 amide bonds. The topological polar surface area (TPSA) is 93.7 Å². The molecular weight excluding hydrogens is 360 g/mol. The lowest BCUT2D eigenvalue weighted by Crippen LogP contribution is -2.45. The second-order valence-corrected chi connectivity index (χ2v) is 6.63. The summed E-state index contributed by atoms with van der Waals surface area (Å²) in [5, 5.41) is 0.562. The SMILES string of the molecule is O=C(COC(=O)CCC1CCCC1)NNC(=O)COc1ccc(Cl)cc1. The number of carbonyl (C=O) groups is 3. The van der Waals surface area contributed by atoms with E-state index in [9.17, 15) is 14.4 Å². The minimum Gasteiger partial charge on any atom is -0.484 e. The number of esters is 1. The fraction of sp³-hybridized carbons (Fsp3) is 0.500. The summed E-state index contributed by atoms with van der Waals surface area (Å²) in [6, 6.07) is 6.52. The summed E-state index contributed by atoms with van der Waals surface area (Å²) in [5.74, 6) is -0.479. The molecule has 2 N–H and O–H groups in total. The van der Waals surface area contributed by atoms with E-state index >= 15 is 0 Å². The monoisotopic (exact) mass is 382 g/mol. The van der Waals surface area contributed by atoms with Crippen LogP contribution in [0.4, 0.5) is 0 Å². The zero-order valence-electron chi connectivity index (χ0n) is 14.5. The first-order chi connectivity index (χ1) is 12.5. The molecule has 1 aromatic rings. The molecule has 0 aliphatic heterocycles. The smallest absolute Gasteiger partial charge is 0.306 e. The van der Waals surface area contributed by atoms with Crippen molar-refractivity contribution in [1.82, 2.24) is 10.9 Å². The summed E-state index contributed by atoms with van der Waals surface area (Å²) in [6.07, 6.45) is 5.90. The number of amides is 2. The molecule has 0 radical (unpaired) electrons. The van der Waals surface area contributed by atoms with E-state index in [4.69, 9.17) is 21.1 Å². The second kappa shape index (κ2) is 10.7. The van der Waals surface area contributed by atoms with E-state index in [1.54, 1.807) is 24.3 Å². The van der Waals surface area contributed by atoms with Crippen LogP contribution >= 0.6 is 11.6 Å². The summed E-state index contributed by atoms with van der Waals surface area (Å²) in [4.78, 5) is 34.8. The van der Waals surface area contributed by atoms with Crippen LogP contribution in [0, 0.1) is 5.92 Å². The number of hydrazine groups is 1. The van der Waals surface area contributed by atoms with E-state index in [2.05, 4.69) is 10.9 Å². The van der Waals surface area contributed by atoms with Gasteiger partial charge in [0.2, 0.25) is 0 Å². The molecule has 1 fully saturated rings. The van der Waals surface area contributed by atoms with Gasteiger partial charge in [-0.2, -0.15) is 0 Å². The molecule has 0 aromatic heterocycles. The fourth-order valence-corrected chi connectivity index (χ4v) is 2.86. The summed E-state index contributed by atoms with van der Waals surface area (Å²) in [5.41, 5.74) is 4.35. The highest BCUT2D eigenvalue weighted by molar-refractivity contribution is 6.30. The van der Waals surface area contributed by atoms with Gasteiger partial charge in [0.05, 0.1) is 0 Å². The van der Waals surface area contributed by atoms with Gasteiger partial charge >= 0.3 is 5.97 Å². The Bertz CT molecular complexity index is 615. The van der Waals surface area contributed by atoms with Crippen molar-refractivity contribution in [3.63, 3.8) is 0 Å². The molecule has 0 unspecified atom stereocenters. The Kier molecular flexibility index (Phi) is 8.21. The van der Waals surface area contributed by atoms with Crippen molar-refractivity contribution in [3.8, 4) is 5.75 Å². The molecule has 1 aromatic carbocycles. The molecule has 2 rings (SSSR count). The predicted octanol–water partition coefficient (Wildman–Crippen LogP) is 2.38. The maximum Gasteiger partial charge on any atom is 0.306 e. The number of hydrogen-bond acceptors (Lipinski definition) is 5. The van der Waals surface area contributed by atoms with E-state index in [0.717, 1.165) is 19.3 Å². The minimum absolute atomic E-state index is 0.275. The highest BCUT2D eigenvalue weighted by atomic mass is 35.5. The van der Waals surface area contributed by atoms with Gasteiger partial charge < -0.3 is 9.47 Å².